The lowest BCUT2D eigenvalue weighted by molar-refractivity contribution is 0.529. The lowest BCUT2D eigenvalue weighted by Gasteiger charge is -2.02. The van der Waals surface area contributed by atoms with Gasteiger partial charge in [0.05, 0.1) is 0 Å². The normalized spacial score (nSPS) is 12.3. The monoisotopic (exact) mass is 311 g/mol. The number of hydrogen-bond acceptors (Lipinski definition) is 2. The molecule has 0 bridgehead atoms. The van der Waals surface area contributed by atoms with E-state index in [9.17, 15) is 0 Å². The molecule has 1 heterocycles. The first-order chi connectivity index (χ1) is 9.31. The molecule has 0 spiro atoms. The molecule has 92 valence electrons. The maximum Gasteiger partial charge on any atom is 0.264 e. The fraction of sp³-hybridized carbons (Fsp3) is 0.0625. The molecule has 0 radical (unpaired) electrons. The van der Waals surface area contributed by atoms with Crippen LogP contribution in [0.1, 0.15) is 11.1 Å². The van der Waals surface area contributed by atoms with Gasteiger partial charge in [-0.15, -0.1) is 0 Å². The van der Waals surface area contributed by atoms with Crippen LogP contribution in [-0.4, -0.2) is 4.98 Å². The van der Waals surface area contributed by atoms with Crippen molar-refractivity contribution >= 4 is 15.9 Å². The third-order valence-electron chi connectivity index (χ3n) is 3.57. The Morgan fingerprint density at radius 3 is 2.68 bits per heavy atom. The number of hydrogen-bond donors (Lipinski definition) is 0. The summed E-state index contributed by atoms with van der Waals surface area (Å²) in [6.45, 7) is 0. The van der Waals surface area contributed by atoms with Crippen molar-refractivity contribution in [1.82, 2.24) is 4.98 Å². The first kappa shape index (κ1) is 11.0. The van der Waals surface area contributed by atoms with Crippen LogP contribution >= 0.6 is 15.9 Å². The molecule has 0 unspecified atom stereocenters. The van der Waals surface area contributed by atoms with Crippen LogP contribution < -0.4 is 0 Å². The molecule has 0 saturated carbocycles. The summed E-state index contributed by atoms with van der Waals surface area (Å²) in [6, 6.07) is 15.1. The van der Waals surface area contributed by atoms with E-state index in [0.717, 1.165) is 17.7 Å². The van der Waals surface area contributed by atoms with E-state index in [0.29, 0.717) is 4.80 Å². The van der Waals surface area contributed by atoms with Crippen LogP contribution in [0.5, 0.6) is 0 Å². The zero-order chi connectivity index (χ0) is 12.8. The molecule has 1 aliphatic carbocycles. The van der Waals surface area contributed by atoms with Gasteiger partial charge in [-0.05, 0) is 34.7 Å². The quantitative estimate of drug-likeness (QED) is 0.510. The second kappa shape index (κ2) is 4.07. The molecule has 0 fully saturated rings. The van der Waals surface area contributed by atoms with Gasteiger partial charge in [-0.2, -0.15) is 0 Å². The van der Waals surface area contributed by atoms with Crippen molar-refractivity contribution in [2.75, 3.05) is 0 Å². The fourth-order valence-corrected chi connectivity index (χ4v) is 2.97. The minimum absolute atomic E-state index is 0.520. The standard InChI is InChI=1S/C16H10BrNO/c17-16-18-15(9-19-16)11-5-6-14-12(8-11)7-10-3-1-2-4-13(10)14/h1-6,8-9H,7H2. The van der Waals surface area contributed by atoms with Gasteiger partial charge in [0.25, 0.3) is 4.80 Å². The van der Waals surface area contributed by atoms with Gasteiger partial charge in [-0.1, -0.05) is 36.4 Å². The second-order valence-electron chi connectivity index (χ2n) is 4.69. The molecule has 0 aliphatic heterocycles. The molecule has 0 atom stereocenters. The molecule has 19 heavy (non-hydrogen) atoms. The number of aromatic nitrogens is 1. The molecule has 1 aromatic heterocycles. The van der Waals surface area contributed by atoms with Crippen LogP contribution in [0.2, 0.25) is 0 Å². The number of oxazole rings is 1. The summed E-state index contributed by atoms with van der Waals surface area (Å²) in [4.78, 5) is 4.83. The highest BCUT2D eigenvalue weighted by Crippen LogP contribution is 2.38. The van der Waals surface area contributed by atoms with Gasteiger partial charge in [0.2, 0.25) is 0 Å². The van der Waals surface area contributed by atoms with Gasteiger partial charge < -0.3 is 4.42 Å². The number of halogens is 1. The van der Waals surface area contributed by atoms with Crippen molar-refractivity contribution in [3.63, 3.8) is 0 Å². The van der Waals surface area contributed by atoms with Crippen molar-refractivity contribution in [3.05, 3.63) is 64.7 Å². The number of benzene rings is 2. The van der Waals surface area contributed by atoms with Gasteiger partial charge in [-0.3, -0.25) is 0 Å². The Balaban J connectivity index is 1.83. The maximum atomic E-state index is 5.21. The Kier molecular flexibility index (Phi) is 2.35. The molecule has 2 aromatic carbocycles. The number of rotatable bonds is 1. The fourth-order valence-electron chi connectivity index (χ4n) is 2.69. The zero-order valence-electron chi connectivity index (χ0n) is 10.1. The van der Waals surface area contributed by atoms with Crippen molar-refractivity contribution in [2.24, 2.45) is 0 Å². The summed E-state index contributed by atoms with van der Waals surface area (Å²) < 4.78 is 5.21. The molecule has 0 saturated heterocycles. The Morgan fingerprint density at radius 1 is 1.00 bits per heavy atom. The van der Waals surface area contributed by atoms with Crippen molar-refractivity contribution < 1.29 is 4.42 Å². The molecule has 2 nitrogen and oxygen atoms in total. The van der Waals surface area contributed by atoms with Gasteiger partial charge in [0.15, 0.2) is 0 Å². The summed E-state index contributed by atoms with van der Waals surface area (Å²) in [7, 11) is 0. The summed E-state index contributed by atoms with van der Waals surface area (Å²) in [6.07, 6.45) is 2.67. The SMILES string of the molecule is Brc1nc(-c2ccc3c(c2)Cc2ccccc2-3)co1. The Hall–Kier alpha value is -1.87. The minimum atomic E-state index is 0.520. The first-order valence-electron chi connectivity index (χ1n) is 6.14. The summed E-state index contributed by atoms with van der Waals surface area (Å²) >= 11 is 3.24. The van der Waals surface area contributed by atoms with Crippen molar-refractivity contribution in [1.29, 1.82) is 0 Å². The summed E-state index contributed by atoms with van der Waals surface area (Å²) in [5.74, 6) is 0. The highest BCUT2D eigenvalue weighted by molar-refractivity contribution is 9.10. The molecule has 1 aliphatic rings. The topological polar surface area (TPSA) is 26.0 Å². The first-order valence-corrected chi connectivity index (χ1v) is 6.93. The van der Waals surface area contributed by atoms with Crippen LogP contribution in [0.25, 0.3) is 22.4 Å². The van der Waals surface area contributed by atoms with E-state index in [1.54, 1.807) is 6.26 Å². The van der Waals surface area contributed by atoms with Gasteiger partial charge in [0.1, 0.15) is 12.0 Å². The van der Waals surface area contributed by atoms with Crippen LogP contribution in [0.3, 0.4) is 0 Å². The van der Waals surface area contributed by atoms with Crippen LogP contribution in [-0.2, 0) is 6.42 Å². The van der Waals surface area contributed by atoms with Crippen LogP contribution in [0.4, 0.5) is 0 Å². The van der Waals surface area contributed by atoms with Crippen LogP contribution in [0.15, 0.2) is 57.9 Å². The highest BCUT2D eigenvalue weighted by Gasteiger charge is 2.18. The molecule has 4 rings (SSSR count). The zero-order valence-corrected chi connectivity index (χ0v) is 11.6. The largest absolute Gasteiger partial charge is 0.439 e. The lowest BCUT2D eigenvalue weighted by Crippen LogP contribution is -1.83. The third-order valence-corrected chi connectivity index (χ3v) is 3.93. The van der Waals surface area contributed by atoms with E-state index < -0.39 is 0 Å². The molecule has 3 aromatic rings. The average molecular weight is 312 g/mol. The molecule has 0 N–H and O–H groups in total. The lowest BCUT2D eigenvalue weighted by atomic mass is 10.0. The van der Waals surface area contributed by atoms with E-state index in [1.807, 2.05) is 0 Å². The van der Waals surface area contributed by atoms with Gasteiger partial charge in [0, 0.05) is 21.5 Å². The molecular weight excluding hydrogens is 302 g/mol. The predicted octanol–water partition coefficient (Wildman–Crippen LogP) is 4.68. The Morgan fingerprint density at radius 2 is 1.84 bits per heavy atom. The number of fused-ring (bicyclic) bond motifs is 3. The predicted molar refractivity (Wildman–Crippen MR) is 77.9 cm³/mol. The van der Waals surface area contributed by atoms with E-state index in [4.69, 9.17) is 4.42 Å². The average Bonchev–Trinajstić information content (AvgIpc) is 3.01. The molecule has 3 heteroatoms. The summed E-state index contributed by atoms with van der Waals surface area (Å²) in [5.41, 5.74) is 7.41. The van der Waals surface area contributed by atoms with E-state index >= 15 is 0 Å². The maximum absolute atomic E-state index is 5.21. The van der Waals surface area contributed by atoms with E-state index in [1.165, 1.54) is 22.3 Å². The number of nitrogens with zero attached hydrogens (tertiary/aromatic N) is 1. The molecular formula is C16H10BrNO. The van der Waals surface area contributed by atoms with Crippen molar-refractivity contribution in [2.45, 2.75) is 6.42 Å². The second-order valence-corrected chi connectivity index (χ2v) is 5.37. The molecule has 0 amide bonds. The Bertz CT molecular complexity index is 776. The third kappa shape index (κ3) is 1.73. The highest BCUT2D eigenvalue weighted by atomic mass is 79.9. The Labute approximate surface area is 119 Å². The van der Waals surface area contributed by atoms with Gasteiger partial charge >= 0.3 is 0 Å². The van der Waals surface area contributed by atoms with Crippen LogP contribution in [0, 0.1) is 0 Å². The smallest absolute Gasteiger partial charge is 0.264 e. The van der Waals surface area contributed by atoms with E-state index in [2.05, 4.69) is 63.4 Å². The van der Waals surface area contributed by atoms with Crippen molar-refractivity contribution in [3.8, 4) is 22.4 Å². The minimum Gasteiger partial charge on any atom is -0.439 e. The van der Waals surface area contributed by atoms with Gasteiger partial charge in [-0.25, -0.2) is 4.98 Å². The van der Waals surface area contributed by atoms with E-state index in [-0.39, 0.29) is 0 Å². The summed E-state index contributed by atoms with van der Waals surface area (Å²) in [5, 5.41) is 0.